The standard InChI is InChI=1S/C15H20ClNO3/c16-12-5-1-2-6-13(12)20-10-7-14(19)17-15(11-18)8-3-4-9-15/h1-2,5-6,18H,3-4,7-11H2,(H,17,19). The molecular weight excluding hydrogens is 278 g/mol. The van der Waals surface area contributed by atoms with E-state index >= 15 is 0 Å². The molecule has 2 N–H and O–H groups in total. The van der Waals surface area contributed by atoms with Gasteiger partial charge in [0.2, 0.25) is 5.91 Å². The minimum Gasteiger partial charge on any atom is -0.491 e. The van der Waals surface area contributed by atoms with Gasteiger partial charge in [-0.2, -0.15) is 0 Å². The second kappa shape index (κ2) is 6.95. The van der Waals surface area contributed by atoms with E-state index in [1.807, 2.05) is 12.1 Å². The fraction of sp³-hybridized carbons (Fsp3) is 0.533. The molecule has 0 atom stereocenters. The molecule has 0 bridgehead atoms. The number of carbonyl (C=O) groups is 1. The first-order valence-electron chi connectivity index (χ1n) is 6.94. The molecule has 0 saturated heterocycles. The number of ether oxygens (including phenoxy) is 1. The number of hydrogen-bond acceptors (Lipinski definition) is 3. The van der Waals surface area contributed by atoms with Crippen molar-refractivity contribution >= 4 is 17.5 Å². The highest BCUT2D eigenvalue weighted by Gasteiger charge is 2.34. The number of aliphatic hydroxyl groups excluding tert-OH is 1. The molecule has 1 saturated carbocycles. The quantitative estimate of drug-likeness (QED) is 0.848. The molecular formula is C15H20ClNO3. The molecule has 2 rings (SSSR count). The molecule has 1 amide bonds. The molecule has 0 aromatic heterocycles. The number of rotatable bonds is 6. The average molecular weight is 298 g/mol. The third-order valence-corrected chi connectivity index (χ3v) is 4.00. The highest BCUT2D eigenvalue weighted by molar-refractivity contribution is 6.32. The smallest absolute Gasteiger partial charge is 0.223 e. The molecule has 1 aliphatic rings. The molecule has 110 valence electrons. The molecule has 0 aliphatic heterocycles. The first-order chi connectivity index (χ1) is 9.65. The van der Waals surface area contributed by atoms with Gasteiger partial charge in [0.25, 0.3) is 0 Å². The largest absolute Gasteiger partial charge is 0.491 e. The van der Waals surface area contributed by atoms with Gasteiger partial charge in [0.1, 0.15) is 5.75 Å². The Kier molecular flexibility index (Phi) is 5.26. The number of hydrogen-bond donors (Lipinski definition) is 2. The summed E-state index contributed by atoms with van der Waals surface area (Å²) in [6, 6.07) is 7.18. The van der Waals surface area contributed by atoms with Crippen molar-refractivity contribution < 1.29 is 14.6 Å². The highest BCUT2D eigenvalue weighted by atomic mass is 35.5. The molecule has 0 heterocycles. The summed E-state index contributed by atoms with van der Waals surface area (Å²) in [7, 11) is 0. The van der Waals surface area contributed by atoms with E-state index in [1.165, 1.54) is 0 Å². The first kappa shape index (κ1) is 15.1. The lowest BCUT2D eigenvalue weighted by Gasteiger charge is -2.27. The lowest BCUT2D eigenvalue weighted by atomic mass is 9.99. The van der Waals surface area contributed by atoms with E-state index in [1.54, 1.807) is 12.1 Å². The van der Waals surface area contributed by atoms with Gasteiger partial charge < -0.3 is 15.2 Å². The molecule has 20 heavy (non-hydrogen) atoms. The van der Waals surface area contributed by atoms with Gasteiger partial charge in [-0.3, -0.25) is 4.79 Å². The third kappa shape index (κ3) is 3.87. The van der Waals surface area contributed by atoms with Crippen LogP contribution in [0.3, 0.4) is 0 Å². The Hall–Kier alpha value is -1.26. The zero-order valence-corrected chi connectivity index (χ0v) is 12.2. The topological polar surface area (TPSA) is 58.6 Å². The van der Waals surface area contributed by atoms with Crippen molar-refractivity contribution in [2.75, 3.05) is 13.2 Å². The maximum atomic E-state index is 11.9. The van der Waals surface area contributed by atoms with Gasteiger partial charge >= 0.3 is 0 Å². The van der Waals surface area contributed by atoms with Gasteiger partial charge in [-0.05, 0) is 25.0 Å². The van der Waals surface area contributed by atoms with Crippen LogP contribution in [0.15, 0.2) is 24.3 Å². The Morgan fingerprint density at radius 3 is 2.70 bits per heavy atom. The van der Waals surface area contributed by atoms with Crippen LogP contribution in [-0.2, 0) is 4.79 Å². The van der Waals surface area contributed by atoms with Gasteiger partial charge in [0, 0.05) is 0 Å². The van der Waals surface area contributed by atoms with Crippen molar-refractivity contribution in [3.8, 4) is 5.75 Å². The SMILES string of the molecule is O=C(CCOc1ccccc1Cl)NC1(CO)CCCC1. The van der Waals surface area contributed by atoms with E-state index < -0.39 is 5.54 Å². The highest BCUT2D eigenvalue weighted by Crippen LogP contribution is 2.29. The van der Waals surface area contributed by atoms with Crippen molar-refractivity contribution in [3.63, 3.8) is 0 Å². The molecule has 1 fully saturated rings. The Labute approximate surface area is 124 Å². The zero-order chi connectivity index (χ0) is 14.4. The van der Waals surface area contributed by atoms with Crippen LogP contribution in [0.25, 0.3) is 0 Å². The summed E-state index contributed by atoms with van der Waals surface area (Å²) < 4.78 is 5.48. The van der Waals surface area contributed by atoms with Gasteiger partial charge in [0.15, 0.2) is 0 Å². The van der Waals surface area contributed by atoms with E-state index in [4.69, 9.17) is 16.3 Å². The normalized spacial score (nSPS) is 16.9. The van der Waals surface area contributed by atoms with Crippen LogP contribution < -0.4 is 10.1 Å². The van der Waals surface area contributed by atoms with Crippen LogP contribution in [0.1, 0.15) is 32.1 Å². The summed E-state index contributed by atoms with van der Waals surface area (Å²) in [6.45, 7) is 0.279. The summed E-state index contributed by atoms with van der Waals surface area (Å²) >= 11 is 5.96. The minimum absolute atomic E-state index is 0.00408. The lowest BCUT2D eigenvalue weighted by molar-refractivity contribution is -0.124. The summed E-state index contributed by atoms with van der Waals surface area (Å²) in [6.07, 6.45) is 4.06. The van der Waals surface area contributed by atoms with Gasteiger partial charge in [-0.1, -0.05) is 36.6 Å². The van der Waals surface area contributed by atoms with Crippen molar-refractivity contribution in [2.45, 2.75) is 37.6 Å². The fourth-order valence-corrected chi connectivity index (χ4v) is 2.74. The lowest BCUT2D eigenvalue weighted by Crippen LogP contribution is -2.49. The van der Waals surface area contributed by atoms with Gasteiger partial charge in [-0.25, -0.2) is 0 Å². The minimum atomic E-state index is -0.415. The zero-order valence-electron chi connectivity index (χ0n) is 11.4. The number of benzene rings is 1. The molecule has 4 nitrogen and oxygen atoms in total. The van der Waals surface area contributed by atoms with Gasteiger partial charge in [-0.15, -0.1) is 0 Å². The van der Waals surface area contributed by atoms with Crippen molar-refractivity contribution in [1.82, 2.24) is 5.32 Å². The first-order valence-corrected chi connectivity index (χ1v) is 7.32. The number of carbonyl (C=O) groups excluding carboxylic acids is 1. The van der Waals surface area contributed by atoms with Gasteiger partial charge in [0.05, 0.1) is 30.2 Å². The van der Waals surface area contributed by atoms with E-state index in [0.717, 1.165) is 25.7 Å². The van der Waals surface area contributed by atoms with Crippen LogP contribution in [0, 0.1) is 0 Å². The Balaban J connectivity index is 1.77. The number of halogens is 1. The molecule has 1 aromatic rings. The van der Waals surface area contributed by atoms with E-state index in [-0.39, 0.29) is 25.5 Å². The number of aliphatic hydroxyl groups is 1. The monoisotopic (exact) mass is 297 g/mol. The summed E-state index contributed by atoms with van der Waals surface area (Å²) in [5, 5.41) is 12.9. The van der Waals surface area contributed by atoms with E-state index in [9.17, 15) is 9.90 Å². The second-order valence-corrected chi connectivity index (χ2v) is 5.63. The number of nitrogens with one attached hydrogen (secondary N) is 1. The van der Waals surface area contributed by atoms with Crippen LogP contribution in [0.2, 0.25) is 5.02 Å². The van der Waals surface area contributed by atoms with E-state index in [0.29, 0.717) is 10.8 Å². The fourth-order valence-electron chi connectivity index (χ4n) is 2.55. The molecule has 0 spiro atoms. The van der Waals surface area contributed by atoms with E-state index in [2.05, 4.69) is 5.32 Å². The van der Waals surface area contributed by atoms with Crippen molar-refractivity contribution in [2.24, 2.45) is 0 Å². The molecule has 1 aliphatic carbocycles. The molecule has 5 heteroatoms. The van der Waals surface area contributed by atoms with Crippen molar-refractivity contribution in [1.29, 1.82) is 0 Å². The summed E-state index contributed by atoms with van der Waals surface area (Å²) in [5.41, 5.74) is -0.415. The van der Waals surface area contributed by atoms with Crippen LogP contribution in [0.4, 0.5) is 0 Å². The predicted octanol–water partition coefficient (Wildman–Crippen LogP) is 2.53. The summed E-state index contributed by atoms with van der Waals surface area (Å²) in [4.78, 5) is 11.9. The predicted molar refractivity (Wildman–Crippen MR) is 78.0 cm³/mol. The second-order valence-electron chi connectivity index (χ2n) is 5.22. The third-order valence-electron chi connectivity index (χ3n) is 3.69. The Morgan fingerprint density at radius 1 is 1.35 bits per heavy atom. The molecule has 1 aromatic carbocycles. The average Bonchev–Trinajstić information content (AvgIpc) is 2.90. The number of amides is 1. The van der Waals surface area contributed by atoms with Crippen LogP contribution >= 0.6 is 11.6 Å². The Morgan fingerprint density at radius 2 is 2.05 bits per heavy atom. The molecule has 0 radical (unpaired) electrons. The van der Waals surface area contributed by atoms with Crippen LogP contribution in [-0.4, -0.2) is 29.8 Å². The van der Waals surface area contributed by atoms with Crippen LogP contribution in [0.5, 0.6) is 5.75 Å². The maximum absolute atomic E-state index is 11.9. The molecule has 0 unspecified atom stereocenters. The Bertz CT molecular complexity index is 458. The number of para-hydroxylation sites is 1. The summed E-state index contributed by atoms with van der Waals surface area (Å²) in [5.74, 6) is 0.493. The van der Waals surface area contributed by atoms with Crippen molar-refractivity contribution in [3.05, 3.63) is 29.3 Å². The maximum Gasteiger partial charge on any atom is 0.223 e.